The molecule has 6 heteroatoms. The van der Waals surface area contributed by atoms with Gasteiger partial charge in [0.05, 0.1) is 23.9 Å². The molecule has 0 spiro atoms. The Labute approximate surface area is 109 Å². The van der Waals surface area contributed by atoms with Crippen LogP contribution in [0.15, 0.2) is 23.6 Å². The maximum Gasteiger partial charge on any atom is 0.138 e. The molecule has 1 aromatic carbocycles. The first-order valence-electron chi connectivity index (χ1n) is 5.21. The van der Waals surface area contributed by atoms with Gasteiger partial charge in [-0.05, 0) is 36.7 Å². The zero-order valence-corrected chi connectivity index (χ0v) is 10.9. The van der Waals surface area contributed by atoms with Gasteiger partial charge in [-0.15, -0.1) is 5.10 Å². The Bertz CT molecular complexity index is 476. The molecule has 0 aliphatic heterocycles. The molecule has 0 radical (unpaired) electrons. The molecule has 0 fully saturated rings. The highest BCUT2D eigenvalue weighted by Crippen LogP contribution is 2.27. The van der Waals surface area contributed by atoms with E-state index in [0.717, 1.165) is 11.4 Å². The molecule has 0 bridgehead atoms. The second kappa shape index (κ2) is 5.84. The van der Waals surface area contributed by atoms with Gasteiger partial charge in [0, 0.05) is 11.1 Å². The summed E-state index contributed by atoms with van der Waals surface area (Å²) in [7, 11) is 0. The van der Waals surface area contributed by atoms with Crippen molar-refractivity contribution in [1.82, 2.24) is 9.59 Å². The third-order valence-electron chi connectivity index (χ3n) is 2.11. The van der Waals surface area contributed by atoms with Crippen LogP contribution < -0.4 is 10.1 Å². The first kappa shape index (κ1) is 12.1. The highest BCUT2D eigenvalue weighted by atomic mass is 35.5. The average Bonchev–Trinajstić information content (AvgIpc) is 2.83. The maximum absolute atomic E-state index is 6.08. The van der Waals surface area contributed by atoms with Crippen molar-refractivity contribution in [2.75, 3.05) is 11.9 Å². The van der Waals surface area contributed by atoms with Crippen LogP contribution in [0.25, 0.3) is 0 Å². The SMILES string of the molecule is CCOc1ccc(NCc2csnn2)cc1Cl. The Morgan fingerprint density at radius 2 is 2.35 bits per heavy atom. The molecule has 1 aromatic heterocycles. The maximum atomic E-state index is 6.08. The van der Waals surface area contributed by atoms with Crippen molar-refractivity contribution in [3.63, 3.8) is 0 Å². The molecule has 0 aliphatic carbocycles. The van der Waals surface area contributed by atoms with Crippen LogP contribution in [-0.4, -0.2) is 16.2 Å². The number of rotatable bonds is 5. The zero-order valence-electron chi connectivity index (χ0n) is 9.31. The van der Waals surface area contributed by atoms with Crippen molar-refractivity contribution < 1.29 is 4.74 Å². The number of hydrogen-bond donors (Lipinski definition) is 1. The number of hydrogen-bond acceptors (Lipinski definition) is 5. The lowest BCUT2D eigenvalue weighted by molar-refractivity contribution is 0.340. The van der Waals surface area contributed by atoms with Gasteiger partial charge in [-0.2, -0.15) is 0 Å². The summed E-state index contributed by atoms with van der Waals surface area (Å²) < 4.78 is 9.16. The summed E-state index contributed by atoms with van der Waals surface area (Å²) in [5, 5.41) is 9.68. The molecule has 0 unspecified atom stereocenters. The fourth-order valence-corrected chi connectivity index (χ4v) is 2.02. The van der Waals surface area contributed by atoms with E-state index in [2.05, 4.69) is 14.9 Å². The Balaban J connectivity index is 2.00. The fourth-order valence-electron chi connectivity index (χ4n) is 1.34. The normalized spacial score (nSPS) is 10.2. The second-order valence-electron chi connectivity index (χ2n) is 3.33. The van der Waals surface area contributed by atoms with Gasteiger partial charge in [0.1, 0.15) is 5.75 Å². The monoisotopic (exact) mass is 269 g/mol. The van der Waals surface area contributed by atoms with Crippen molar-refractivity contribution >= 4 is 28.8 Å². The molecule has 1 heterocycles. The summed E-state index contributed by atoms with van der Waals surface area (Å²) in [6, 6.07) is 5.62. The van der Waals surface area contributed by atoms with Crippen molar-refractivity contribution in [2.24, 2.45) is 0 Å². The van der Waals surface area contributed by atoms with Crippen molar-refractivity contribution in [2.45, 2.75) is 13.5 Å². The number of halogens is 1. The van der Waals surface area contributed by atoms with Crippen molar-refractivity contribution in [1.29, 1.82) is 0 Å². The highest BCUT2D eigenvalue weighted by Gasteiger charge is 2.03. The Hall–Kier alpha value is -1.33. The Kier molecular flexibility index (Phi) is 4.17. The number of nitrogens with one attached hydrogen (secondary N) is 1. The van der Waals surface area contributed by atoms with E-state index in [1.54, 1.807) is 0 Å². The summed E-state index contributed by atoms with van der Waals surface area (Å²) in [5.74, 6) is 0.704. The molecule has 1 N–H and O–H groups in total. The Morgan fingerprint density at radius 3 is 3.00 bits per heavy atom. The lowest BCUT2D eigenvalue weighted by atomic mass is 10.3. The van der Waals surface area contributed by atoms with Gasteiger partial charge in [0.25, 0.3) is 0 Å². The van der Waals surface area contributed by atoms with Gasteiger partial charge in [-0.3, -0.25) is 0 Å². The number of anilines is 1. The summed E-state index contributed by atoms with van der Waals surface area (Å²) in [4.78, 5) is 0. The third kappa shape index (κ3) is 3.31. The van der Waals surface area contributed by atoms with Gasteiger partial charge in [-0.25, -0.2) is 0 Å². The van der Waals surface area contributed by atoms with Crippen LogP contribution in [0.1, 0.15) is 12.6 Å². The number of ether oxygens (including phenoxy) is 1. The van der Waals surface area contributed by atoms with Crippen molar-refractivity contribution in [3.8, 4) is 5.75 Å². The number of nitrogens with zero attached hydrogens (tertiary/aromatic N) is 2. The molecule has 0 amide bonds. The van der Waals surface area contributed by atoms with Crippen molar-refractivity contribution in [3.05, 3.63) is 34.3 Å². The van der Waals surface area contributed by atoms with Gasteiger partial charge in [-0.1, -0.05) is 16.1 Å². The molecular formula is C11H12ClN3OS. The minimum absolute atomic E-state index is 0.605. The van der Waals surface area contributed by atoms with E-state index in [-0.39, 0.29) is 0 Å². The molecular weight excluding hydrogens is 258 g/mol. The molecule has 0 saturated carbocycles. The second-order valence-corrected chi connectivity index (χ2v) is 4.35. The molecule has 0 saturated heterocycles. The van der Waals surface area contributed by atoms with E-state index in [0.29, 0.717) is 23.9 Å². The van der Waals surface area contributed by atoms with E-state index >= 15 is 0 Å². The predicted octanol–water partition coefficient (Wildman–Crippen LogP) is 3.20. The lowest BCUT2D eigenvalue weighted by Crippen LogP contribution is -2.00. The van der Waals surface area contributed by atoms with Crippen LogP contribution in [-0.2, 0) is 6.54 Å². The minimum atomic E-state index is 0.605. The van der Waals surface area contributed by atoms with E-state index in [4.69, 9.17) is 16.3 Å². The van der Waals surface area contributed by atoms with Gasteiger partial charge >= 0.3 is 0 Å². The van der Waals surface area contributed by atoms with Gasteiger partial charge < -0.3 is 10.1 Å². The standard InChI is InChI=1S/C11H12ClN3OS/c1-2-16-11-4-3-8(5-10(11)12)13-6-9-7-17-15-14-9/h3-5,7,13H,2,6H2,1H3. The first-order chi connectivity index (χ1) is 8.29. The van der Waals surface area contributed by atoms with Crippen LogP contribution >= 0.6 is 23.1 Å². The fraction of sp³-hybridized carbons (Fsp3) is 0.273. The van der Waals surface area contributed by atoms with Crippen LogP contribution in [0.5, 0.6) is 5.75 Å². The average molecular weight is 270 g/mol. The van der Waals surface area contributed by atoms with Crippen LogP contribution in [0.4, 0.5) is 5.69 Å². The van der Waals surface area contributed by atoms with Crippen LogP contribution in [0, 0.1) is 0 Å². The van der Waals surface area contributed by atoms with Gasteiger partial charge in [0.2, 0.25) is 0 Å². The van der Waals surface area contributed by atoms with E-state index in [1.807, 2.05) is 30.5 Å². The smallest absolute Gasteiger partial charge is 0.138 e. The molecule has 0 aliphatic rings. The van der Waals surface area contributed by atoms with Crippen LogP contribution in [0.3, 0.4) is 0 Å². The molecule has 0 atom stereocenters. The van der Waals surface area contributed by atoms with Gasteiger partial charge in [0.15, 0.2) is 0 Å². The minimum Gasteiger partial charge on any atom is -0.492 e. The van der Waals surface area contributed by atoms with E-state index in [1.165, 1.54) is 11.5 Å². The van der Waals surface area contributed by atoms with E-state index < -0.39 is 0 Å². The summed E-state index contributed by atoms with van der Waals surface area (Å²) in [6.45, 7) is 3.18. The third-order valence-corrected chi connectivity index (χ3v) is 2.96. The number of benzene rings is 1. The first-order valence-corrected chi connectivity index (χ1v) is 6.43. The molecule has 2 rings (SSSR count). The highest BCUT2D eigenvalue weighted by molar-refractivity contribution is 7.03. The summed E-state index contributed by atoms with van der Waals surface area (Å²) in [5.41, 5.74) is 1.85. The molecule has 90 valence electrons. The van der Waals surface area contributed by atoms with E-state index in [9.17, 15) is 0 Å². The quantitative estimate of drug-likeness (QED) is 0.905. The summed E-state index contributed by atoms with van der Waals surface area (Å²) >= 11 is 7.42. The molecule has 2 aromatic rings. The number of aromatic nitrogens is 2. The lowest BCUT2D eigenvalue weighted by Gasteiger charge is -2.08. The predicted molar refractivity (Wildman–Crippen MR) is 69.9 cm³/mol. The zero-order chi connectivity index (χ0) is 12.1. The largest absolute Gasteiger partial charge is 0.492 e. The van der Waals surface area contributed by atoms with Crippen LogP contribution in [0.2, 0.25) is 5.02 Å². The Morgan fingerprint density at radius 1 is 1.47 bits per heavy atom. The summed E-state index contributed by atoms with van der Waals surface area (Å²) in [6.07, 6.45) is 0. The molecule has 4 nitrogen and oxygen atoms in total. The molecule has 17 heavy (non-hydrogen) atoms. The topological polar surface area (TPSA) is 47.0 Å².